The number of methoxy groups -OCH3 is 1. The van der Waals surface area contributed by atoms with Crippen LogP contribution in [0.4, 0.5) is 0 Å². The van der Waals surface area contributed by atoms with Crippen LogP contribution in [0.5, 0.6) is 5.75 Å². The molecular formula is C17H20O2S. The minimum Gasteiger partial charge on any atom is -0.496 e. The van der Waals surface area contributed by atoms with E-state index in [4.69, 9.17) is 4.74 Å². The van der Waals surface area contributed by atoms with Crippen molar-refractivity contribution in [2.24, 2.45) is 0 Å². The number of ether oxygens (including phenoxy) is 1. The lowest BCUT2D eigenvalue weighted by Crippen LogP contribution is -2.04. The number of rotatable bonds is 6. The summed E-state index contributed by atoms with van der Waals surface area (Å²) >= 11 is 1.75. The molecular weight excluding hydrogens is 268 g/mol. The Bertz CT molecular complexity index is 585. The largest absolute Gasteiger partial charge is 0.496 e. The molecule has 0 radical (unpaired) electrons. The van der Waals surface area contributed by atoms with Crippen LogP contribution in [0.2, 0.25) is 0 Å². The SMILES string of the molecule is COc1cc(C)c(C(=O)CCCc2cccs2)cc1C. The number of hydrogen-bond acceptors (Lipinski definition) is 3. The molecule has 0 amide bonds. The molecule has 3 heteroatoms. The van der Waals surface area contributed by atoms with Crippen LogP contribution in [0.1, 0.15) is 39.2 Å². The highest BCUT2D eigenvalue weighted by Crippen LogP contribution is 2.24. The molecule has 106 valence electrons. The number of hydrogen-bond donors (Lipinski definition) is 0. The molecule has 0 fully saturated rings. The summed E-state index contributed by atoms with van der Waals surface area (Å²) in [5.74, 6) is 1.07. The number of Topliss-reactive ketones (excluding diaryl/α,β-unsaturated/α-hetero) is 1. The monoisotopic (exact) mass is 288 g/mol. The van der Waals surface area contributed by atoms with Gasteiger partial charge in [-0.2, -0.15) is 0 Å². The molecule has 0 aliphatic rings. The molecule has 2 aromatic rings. The summed E-state index contributed by atoms with van der Waals surface area (Å²) in [6.07, 6.45) is 2.49. The van der Waals surface area contributed by atoms with Gasteiger partial charge in [-0.15, -0.1) is 11.3 Å². The van der Waals surface area contributed by atoms with E-state index >= 15 is 0 Å². The van der Waals surface area contributed by atoms with Gasteiger partial charge in [-0.05, 0) is 61.4 Å². The Kier molecular flexibility index (Phi) is 4.96. The number of ketones is 1. The molecule has 0 bridgehead atoms. The fourth-order valence-electron chi connectivity index (χ4n) is 2.32. The van der Waals surface area contributed by atoms with Crippen LogP contribution in [0.3, 0.4) is 0 Å². The first-order valence-electron chi connectivity index (χ1n) is 6.82. The molecule has 0 saturated carbocycles. The lowest BCUT2D eigenvalue weighted by atomic mass is 9.98. The van der Waals surface area contributed by atoms with Gasteiger partial charge >= 0.3 is 0 Å². The van der Waals surface area contributed by atoms with Crippen LogP contribution in [-0.4, -0.2) is 12.9 Å². The van der Waals surface area contributed by atoms with Gasteiger partial charge in [-0.25, -0.2) is 0 Å². The van der Waals surface area contributed by atoms with Crippen molar-refractivity contribution in [2.45, 2.75) is 33.1 Å². The minimum atomic E-state index is 0.227. The van der Waals surface area contributed by atoms with E-state index in [0.29, 0.717) is 6.42 Å². The quantitative estimate of drug-likeness (QED) is 0.727. The zero-order chi connectivity index (χ0) is 14.5. The van der Waals surface area contributed by atoms with Crippen LogP contribution >= 0.6 is 11.3 Å². The minimum absolute atomic E-state index is 0.227. The van der Waals surface area contributed by atoms with Crippen molar-refractivity contribution < 1.29 is 9.53 Å². The standard InChI is InChI=1S/C17H20O2S/c1-12-11-17(19-3)13(2)10-15(12)16(18)8-4-6-14-7-5-9-20-14/h5,7,9-11H,4,6,8H2,1-3H3. The van der Waals surface area contributed by atoms with E-state index in [2.05, 4.69) is 17.5 Å². The van der Waals surface area contributed by atoms with E-state index < -0.39 is 0 Å². The van der Waals surface area contributed by atoms with Crippen molar-refractivity contribution in [2.75, 3.05) is 7.11 Å². The summed E-state index contributed by atoms with van der Waals surface area (Å²) in [5, 5.41) is 2.08. The van der Waals surface area contributed by atoms with Gasteiger partial charge in [0.2, 0.25) is 0 Å². The molecule has 0 unspecified atom stereocenters. The number of carbonyl (C=O) groups is 1. The molecule has 0 N–H and O–H groups in total. The summed E-state index contributed by atoms with van der Waals surface area (Å²) in [6.45, 7) is 3.94. The first-order chi connectivity index (χ1) is 9.61. The second-order valence-corrected chi connectivity index (χ2v) is 6.03. The Morgan fingerprint density at radius 3 is 2.70 bits per heavy atom. The van der Waals surface area contributed by atoms with E-state index in [9.17, 15) is 4.79 Å². The van der Waals surface area contributed by atoms with E-state index in [0.717, 1.165) is 35.3 Å². The van der Waals surface area contributed by atoms with Crippen molar-refractivity contribution in [1.82, 2.24) is 0 Å². The molecule has 0 aliphatic carbocycles. The maximum atomic E-state index is 12.3. The smallest absolute Gasteiger partial charge is 0.163 e. The van der Waals surface area contributed by atoms with Crippen LogP contribution in [0, 0.1) is 13.8 Å². The Morgan fingerprint density at radius 1 is 1.25 bits per heavy atom. The second kappa shape index (κ2) is 6.71. The molecule has 1 heterocycles. The number of aryl methyl sites for hydroxylation is 3. The molecule has 0 spiro atoms. The molecule has 1 aromatic carbocycles. The first kappa shape index (κ1) is 14.8. The highest BCUT2D eigenvalue weighted by atomic mass is 32.1. The highest BCUT2D eigenvalue weighted by molar-refractivity contribution is 7.09. The number of thiophene rings is 1. The Morgan fingerprint density at radius 2 is 2.05 bits per heavy atom. The van der Waals surface area contributed by atoms with Gasteiger partial charge in [-0.1, -0.05) is 6.07 Å². The third kappa shape index (κ3) is 3.48. The van der Waals surface area contributed by atoms with E-state index in [1.54, 1.807) is 18.4 Å². The van der Waals surface area contributed by atoms with Crippen LogP contribution < -0.4 is 4.74 Å². The molecule has 0 atom stereocenters. The highest BCUT2D eigenvalue weighted by Gasteiger charge is 2.12. The third-order valence-electron chi connectivity index (χ3n) is 3.45. The average molecular weight is 288 g/mol. The summed E-state index contributed by atoms with van der Waals surface area (Å²) in [4.78, 5) is 13.7. The zero-order valence-electron chi connectivity index (χ0n) is 12.2. The summed E-state index contributed by atoms with van der Waals surface area (Å²) in [5.41, 5.74) is 2.84. The summed E-state index contributed by atoms with van der Waals surface area (Å²) < 4.78 is 5.28. The predicted octanol–water partition coefficient (Wildman–Crippen LogP) is 4.58. The molecule has 20 heavy (non-hydrogen) atoms. The Hall–Kier alpha value is -1.61. The third-order valence-corrected chi connectivity index (χ3v) is 4.39. The van der Waals surface area contributed by atoms with E-state index in [-0.39, 0.29) is 5.78 Å². The van der Waals surface area contributed by atoms with Crippen molar-refractivity contribution in [3.8, 4) is 5.75 Å². The van der Waals surface area contributed by atoms with Crippen LogP contribution in [0.15, 0.2) is 29.6 Å². The van der Waals surface area contributed by atoms with E-state index in [1.165, 1.54) is 4.88 Å². The Labute approximate surface area is 124 Å². The number of carbonyl (C=O) groups excluding carboxylic acids is 1. The van der Waals surface area contributed by atoms with Gasteiger partial charge in [0, 0.05) is 16.9 Å². The second-order valence-electron chi connectivity index (χ2n) is 4.99. The van der Waals surface area contributed by atoms with E-state index in [1.807, 2.05) is 26.0 Å². The average Bonchev–Trinajstić information content (AvgIpc) is 2.94. The Balaban J connectivity index is 2.00. The summed E-state index contributed by atoms with van der Waals surface area (Å²) in [7, 11) is 1.66. The van der Waals surface area contributed by atoms with Crippen LogP contribution in [0.25, 0.3) is 0 Å². The molecule has 2 nitrogen and oxygen atoms in total. The van der Waals surface area contributed by atoms with Crippen molar-refractivity contribution in [3.63, 3.8) is 0 Å². The molecule has 2 rings (SSSR count). The molecule has 1 aromatic heterocycles. The topological polar surface area (TPSA) is 26.3 Å². The van der Waals surface area contributed by atoms with Crippen molar-refractivity contribution in [3.05, 3.63) is 51.2 Å². The lowest BCUT2D eigenvalue weighted by Gasteiger charge is -2.10. The number of benzene rings is 1. The molecule has 0 aliphatic heterocycles. The lowest BCUT2D eigenvalue weighted by molar-refractivity contribution is 0.0979. The summed E-state index contributed by atoms with van der Waals surface area (Å²) in [6, 6.07) is 8.07. The van der Waals surface area contributed by atoms with Gasteiger partial charge < -0.3 is 4.74 Å². The predicted molar refractivity (Wildman–Crippen MR) is 84.1 cm³/mol. The fourth-order valence-corrected chi connectivity index (χ4v) is 3.07. The van der Waals surface area contributed by atoms with Crippen LogP contribution in [-0.2, 0) is 6.42 Å². The van der Waals surface area contributed by atoms with Crippen molar-refractivity contribution in [1.29, 1.82) is 0 Å². The van der Waals surface area contributed by atoms with Gasteiger partial charge in [-0.3, -0.25) is 4.79 Å². The molecule has 0 saturated heterocycles. The first-order valence-corrected chi connectivity index (χ1v) is 7.70. The normalized spacial score (nSPS) is 10.6. The fraction of sp³-hybridized carbons (Fsp3) is 0.353. The van der Waals surface area contributed by atoms with Gasteiger partial charge in [0.05, 0.1) is 7.11 Å². The van der Waals surface area contributed by atoms with Gasteiger partial charge in [0.15, 0.2) is 5.78 Å². The zero-order valence-corrected chi connectivity index (χ0v) is 13.0. The maximum Gasteiger partial charge on any atom is 0.163 e. The van der Waals surface area contributed by atoms with Crippen molar-refractivity contribution >= 4 is 17.1 Å². The van der Waals surface area contributed by atoms with Gasteiger partial charge in [0.1, 0.15) is 5.75 Å². The van der Waals surface area contributed by atoms with Gasteiger partial charge in [0.25, 0.3) is 0 Å². The maximum absolute atomic E-state index is 12.3.